The summed E-state index contributed by atoms with van der Waals surface area (Å²) in [5.74, 6) is -0.504. The molecule has 0 spiro atoms. The van der Waals surface area contributed by atoms with Gasteiger partial charge in [-0.3, -0.25) is 4.79 Å². The van der Waals surface area contributed by atoms with Gasteiger partial charge in [0, 0.05) is 6.54 Å². The van der Waals surface area contributed by atoms with Crippen LogP contribution < -0.4 is 5.32 Å². The molecule has 5 nitrogen and oxygen atoms in total. The minimum absolute atomic E-state index is 0.140. The summed E-state index contributed by atoms with van der Waals surface area (Å²) in [5.41, 5.74) is 0.332. The Morgan fingerprint density at radius 3 is 2.43 bits per heavy atom. The molecule has 28 heavy (non-hydrogen) atoms. The van der Waals surface area contributed by atoms with Crippen molar-refractivity contribution in [2.75, 3.05) is 18.4 Å². The van der Waals surface area contributed by atoms with Crippen LogP contribution >= 0.6 is 23.2 Å². The third-order valence-electron chi connectivity index (χ3n) is 4.26. The van der Waals surface area contributed by atoms with E-state index in [0.717, 1.165) is 15.1 Å². The van der Waals surface area contributed by atoms with Crippen molar-refractivity contribution in [3.05, 3.63) is 70.7 Å². The average Bonchev–Trinajstić information content (AvgIpc) is 2.69. The van der Waals surface area contributed by atoms with E-state index in [4.69, 9.17) is 23.2 Å². The van der Waals surface area contributed by atoms with Gasteiger partial charge in [0.25, 0.3) is 0 Å². The van der Waals surface area contributed by atoms with E-state index in [2.05, 4.69) is 5.32 Å². The predicted octanol–water partition coefficient (Wildman–Crippen LogP) is 4.80. The molecule has 0 aliphatic heterocycles. The van der Waals surface area contributed by atoms with Crippen LogP contribution in [0, 0.1) is 0 Å². The summed E-state index contributed by atoms with van der Waals surface area (Å²) in [4.78, 5) is 12.6. The van der Waals surface area contributed by atoms with Crippen LogP contribution in [-0.4, -0.2) is 31.7 Å². The molecule has 0 saturated heterocycles. The Morgan fingerprint density at radius 1 is 1.00 bits per heavy atom. The lowest BCUT2D eigenvalue weighted by molar-refractivity contribution is -0.116. The third-order valence-corrected chi connectivity index (χ3v) is 6.99. The highest BCUT2D eigenvalue weighted by Crippen LogP contribution is 2.29. The number of anilines is 1. The maximum absolute atomic E-state index is 13.0. The molecule has 0 bridgehead atoms. The molecule has 3 aromatic rings. The number of halogens is 2. The predicted molar refractivity (Wildman–Crippen MR) is 113 cm³/mol. The summed E-state index contributed by atoms with van der Waals surface area (Å²) in [6.45, 7) is 1.48. The quantitative estimate of drug-likeness (QED) is 0.603. The van der Waals surface area contributed by atoms with Gasteiger partial charge in [-0.1, -0.05) is 66.5 Å². The molecule has 1 N–H and O–H groups in total. The van der Waals surface area contributed by atoms with Gasteiger partial charge in [0.05, 0.1) is 27.2 Å². The molecule has 0 radical (unpaired) electrons. The van der Waals surface area contributed by atoms with Crippen molar-refractivity contribution in [1.29, 1.82) is 0 Å². The molecule has 1 amide bonds. The number of rotatable bonds is 6. The Hall–Kier alpha value is -2.12. The summed E-state index contributed by atoms with van der Waals surface area (Å²) in [6, 6.07) is 17.2. The number of amides is 1. The molecule has 0 saturated carbocycles. The van der Waals surface area contributed by atoms with Crippen molar-refractivity contribution in [1.82, 2.24) is 4.31 Å². The van der Waals surface area contributed by atoms with Crippen molar-refractivity contribution in [3.8, 4) is 0 Å². The standard InChI is InChI=1S/C20H18Cl2N2O3S/c1-2-24(13-19(25)23-18-9-5-8-17(21)20(18)22)28(26,27)16-11-10-14-6-3-4-7-15(14)12-16/h3-12H,2,13H2,1H3,(H,23,25). The number of nitrogens with one attached hydrogen (secondary N) is 1. The highest BCUT2D eigenvalue weighted by atomic mass is 35.5. The topological polar surface area (TPSA) is 66.5 Å². The van der Waals surface area contributed by atoms with E-state index >= 15 is 0 Å². The van der Waals surface area contributed by atoms with Crippen LogP contribution in [0.25, 0.3) is 10.8 Å². The van der Waals surface area contributed by atoms with Gasteiger partial charge in [0.15, 0.2) is 0 Å². The molecule has 3 aromatic carbocycles. The molecule has 0 fully saturated rings. The van der Waals surface area contributed by atoms with E-state index in [1.165, 1.54) is 0 Å². The van der Waals surface area contributed by atoms with Crippen LogP contribution in [-0.2, 0) is 14.8 Å². The Bertz CT molecular complexity index is 1130. The van der Waals surface area contributed by atoms with E-state index in [9.17, 15) is 13.2 Å². The normalized spacial score (nSPS) is 11.7. The SMILES string of the molecule is CCN(CC(=O)Nc1cccc(Cl)c1Cl)S(=O)(=O)c1ccc2ccccc2c1. The smallest absolute Gasteiger partial charge is 0.243 e. The van der Waals surface area contributed by atoms with Gasteiger partial charge in [-0.25, -0.2) is 8.42 Å². The van der Waals surface area contributed by atoms with Gasteiger partial charge in [0.1, 0.15) is 0 Å². The minimum atomic E-state index is -3.83. The Balaban J connectivity index is 1.82. The van der Waals surface area contributed by atoms with E-state index in [-0.39, 0.29) is 23.0 Å². The van der Waals surface area contributed by atoms with Gasteiger partial charge in [0.2, 0.25) is 15.9 Å². The van der Waals surface area contributed by atoms with E-state index in [0.29, 0.717) is 10.7 Å². The first-order chi connectivity index (χ1) is 13.3. The van der Waals surface area contributed by atoms with Crippen molar-refractivity contribution < 1.29 is 13.2 Å². The lowest BCUT2D eigenvalue weighted by Crippen LogP contribution is -2.37. The average molecular weight is 437 g/mol. The number of hydrogen-bond acceptors (Lipinski definition) is 3. The number of nitrogens with zero attached hydrogens (tertiary/aromatic N) is 1. The van der Waals surface area contributed by atoms with Crippen molar-refractivity contribution in [3.63, 3.8) is 0 Å². The number of fused-ring (bicyclic) bond motifs is 1. The summed E-state index contributed by atoms with van der Waals surface area (Å²) >= 11 is 12.0. The van der Waals surface area contributed by atoms with E-state index in [1.54, 1.807) is 43.3 Å². The molecule has 0 atom stereocenters. The van der Waals surface area contributed by atoms with Crippen LogP contribution in [0.3, 0.4) is 0 Å². The highest BCUT2D eigenvalue weighted by molar-refractivity contribution is 7.89. The molecule has 8 heteroatoms. The van der Waals surface area contributed by atoms with Gasteiger partial charge < -0.3 is 5.32 Å². The Kier molecular flexibility index (Phi) is 6.25. The molecule has 0 heterocycles. The first-order valence-electron chi connectivity index (χ1n) is 8.55. The second kappa shape index (κ2) is 8.49. The van der Waals surface area contributed by atoms with Crippen molar-refractivity contribution in [2.45, 2.75) is 11.8 Å². The van der Waals surface area contributed by atoms with Gasteiger partial charge in [-0.15, -0.1) is 0 Å². The molecule has 0 unspecified atom stereocenters. The number of carbonyl (C=O) groups excluding carboxylic acids is 1. The molecule has 0 aromatic heterocycles. The zero-order valence-corrected chi connectivity index (χ0v) is 17.4. The molecule has 3 rings (SSSR count). The maximum Gasteiger partial charge on any atom is 0.243 e. The molecular formula is C20H18Cl2N2O3S. The zero-order valence-electron chi connectivity index (χ0n) is 15.0. The van der Waals surface area contributed by atoms with Gasteiger partial charge in [-0.05, 0) is 35.0 Å². The number of hydrogen-bond donors (Lipinski definition) is 1. The summed E-state index contributed by atoms with van der Waals surface area (Å²) in [5, 5.41) is 4.87. The number of sulfonamides is 1. The summed E-state index contributed by atoms with van der Waals surface area (Å²) < 4.78 is 27.1. The fraction of sp³-hybridized carbons (Fsp3) is 0.150. The lowest BCUT2D eigenvalue weighted by Gasteiger charge is -2.20. The van der Waals surface area contributed by atoms with Crippen LogP contribution in [0.1, 0.15) is 6.92 Å². The summed E-state index contributed by atoms with van der Waals surface area (Å²) in [6.07, 6.45) is 0. The molecular weight excluding hydrogens is 419 g/mol. The Morgan fingerprint density at radius 2 is 1.71 bits per heavy atom. The fourth-order valence-electron chi connectivity index (χ4n) is 2.79. The number of likely N-dealkylation sites (N-methyl/N-ethyl adjacent to an activating group) is 1. The molecule has 146 valence electrons. The van der Waals surface area contributed by atoms with Gasteiger partial charge >= 0.3 is 0 Å². The number of carbonyl (C=O) groups is 1. The number of benzene rings is 3. The first-order valence-corrected chi connectivity index (χ1v) is 10.8. The third kappa shape index (κ3) is 4.31. The minimum Gasteiger partial charge on any atom is -0.324 e. The fourth-order valence-corrected chi connectivity index (χ4v) is 4.58. The zero-order chi connectivity index (χ0) is 20.3. The summed E-state index contributed by atoms with van der Waals surface area (Å²) in [7, 11) is -3.83. The second-order valence-electron chi connectivity index (χ2n) is 6.09. The van der Waals surface area contributed by atoms with E-state index < -0.39 is 15.9 Å². The monoisotopic (exact) mass is 436 g/mol. The van der Waals surface area contributed by atoms with Crippen molar-refractivity contribution in [2.24, 2.45) is 0 Å². The van der Waals surface area contributed by atoms with Gasteiger partial charge in [-0.2, -0.15) is 4.31 Å². The first kappa shape index (κ1) is 20.6. The van der Waals surface area contributed by atoms with Crippen LogP contribution in [0.4, 0.5) is 5.69 Å². The Labute approximate surface area is 173 Å². The van der Waals surface area contributed by atoms with Crippen LogP contribution in [0.5, 0.6) is 0 Å². The van der Waals surface area contributed by atoms with E-state index in [1.807, 2.05) is 24.3 Å². The lowest BCUT2D eigenvalue weighted by atomic mass is 10.1. The maximum atomic E-state index is 13.0. The second-order valence-corrected chi connectivity index (χ2v) is 8.81. The van der Waals surface area contributed by atoms with Crippen LogP contribution in [0.2, 0.25) is 10.0 Å². The van der Waals surface area contributed by atoms with Crippen LogP contribution in [0.15, 0.2) is 65.6 Å². The molecule has 0 aliphatic rings. The molecule has 0 aliphatic carbocycles. The highest BCUT2D eigenvalue weighted by Gasteiger charge is 2.25. The largest absolute Gasteiger partial charge is 0.324 e. The van der Waals surface area contributed by atoms with Crippen molar-refractivity contribution >= 4 is 55.6 Å².